The summed E-state index contributed by atoms with van der Waals surface area (Å²) >= 11 is 0. The number of carbonyl (C=O) groups is 2. The van der Waals surface area contributed by atoms with Crippen LogP contribution in [0.4, 0.5) is 0 Å². The Bertz CT molecular complexity index is 1240. The van der Waals surface area contributed by atoms with E-state index in [0.29, 0.717) is 35.0 Å². The second kappa shape index (κ2) is 10.7. The van der Waals surface area contributed by atoms with E-state index in [9.17, 15) is 9.59 Å². The number of rotatable bonds is 9. The number of carbonyl (C=O) groups excluding carboxylic acids is 2. The zero-order chi connectivity index (χ0) is 24.8. The Morgan fingerprint density at radius 3 is 2.29 bits per heavy atom. The Morgan fingerprint density at radius 1 is 0.914 bits per heavy atom. The molecule has 1 amide bonds. The van der Waals surface area contributed by atoms with Crippen LogP contribution < -0.4 is 18.9 Å². The number of hydrazone groups is 1. The van der Waals surface area contributed by atoms with E-state index in [1.807, 2.05) is 48.5 Å². The summed E-state index contributed by atoms with van der Waals surface area (Å²) in [5.74, 6) is 1.58. The highest BCUT2D eigenvalue weighted by Gasteiger charge is 2.34. The van der Waals surface area contributed by atoms with Crippen molar-refractivity contribution in [2.24, 2.45) is 5.10 Å². The molecule has 180 valence electrons. The molecular weight excluding hydrogens is 448 g/mol. The van der Waals surface area contributed by atoms with Crippen molar-refractivity contribution < 1.29 is 28.5 Å². The van der Waals surface area contributed by atoms with Crippen LogP contribution in [-0.4, -0.2) is 50.9 Å². The molecule has 0 radical (unpaired) electrons. The topological polar surface area (TPSA) is 86.7 Å². The van der Waals surface area contributed by atoms with Gasteiger partial charge in [0.25, 0.3) is 5.91 Å². The van der Waals surface area contributed by atoms with Crippen molar-refractivity contribution in [3.05, 3.63) is 83.4 Å². The van der Waals surface area contributed by atoms with Crippen molar-refractivity contribution in [2.45, 2.75) is 12.5 Å². The first-order chi connectivity index (χ1) is 17.1. The molecular formula is C27H26N2O6. The fourth-order valence-corrected chi connectivity index (χ4v) is 3.95. The van der Waals surface area contributed by atoms with E-state index in [2.05, 4.69) is 5.10 Å². The van der Waals surface area contributed by atoms with Crippen molar-refractivity contribution in [1.29, 1.82) is 0 Å². The Balaban J connectivity index is 1.61. The maximum absolute atomic E-state index is 13.3. The summed E-state index contributed by atoms with van der Waals surface area (Å²) in [5, 5.41) is 6.12. The Labute approximate surface area is 203 Å². The van der Waals surface area contributed by atoms with Gasteiger partial charge in [0, 0.05) is 12.0 Å². The molecule has 1 unspecified atom stereocenters. The van der Waals surface area contributed by atoms with Crippen LogP contribution in [0.15, 0.2) is 71.8 Å². The van der Waals surface area contributed by atoms with Crippen LogP contribution in [-0.2, 0) is 4.79 Å². The van der Waals surface area contributed by atoms with Gasteiger partial charge >= 0.3 is 0 Å². The first kappa shape index (κ1) is 23.8. The molecule has 0 aromatic heterocycles. The van der Waals surface area contributed by atoms with E-state index in [4.69, 9.17) is 18.9 Å². The van der Waals surface area contributed by atoms with Crippen LogP contribution in [0.1, 0.15) is 33.9 Å². The third-order valence-electron chi connectivity index (χ3n) is 5.74. The number of ether oxygens (including phenoxy) is 4. The van der Waals surface area contributed by atoms with Gasteiger partial charge in [-0.05, 0) is 41.5 Å². The molecule has 0 spiro atoms. The van der Waals surface area contributed by atoms with E-state index in [-0.39, 0.29) is 18.6 Å². The summed E-state index contributed by atoms with van der Waals surface area (Å²) in [6, 6.07) is 19.7. The lowest BCUT2D eigenvalue weighted by molar-refractivity contribution is -0.135. The third-order valence-corrected chi connectivity index (χ3v) is 5.74. The van der Waals surface area contributed by atoms with Crippen molar-refractivity contribution in [3.8, 4) is 23.0 Å². The maximum atomic E-state index is 13.3. The highest BCUT2D eigenvalue weighted by Crippen LogP contribution is 2.37. The van der Waals surface area contributed by atoms with Gasteiger partial charge in [-0.1, -0.05) is 36.4 Å². The molecule has 1 aliphatic rings. The highest BCUT2D eigenvalue weighted by molar-refractivity contribution is 6.03. The molecule has 0 N–H and O–H groups in total. The molecule has 3 aromatic carbocycles. The summed E-state index contributed by atoms with van der Waals surface area (Å²) in [6.07, 6.45) is 1.25. The fourth-order valence-electron chi connectivity index (χ4n) is 3.95. The average Bonchev–Trinajstić information content (AvgIpc) is 3.37. The predicted octanol–water partition coefficient (Wildman–Crippen LogP) is 4.28. The number of benzene rings is 3. The summed E-state index contributed by atoms with van der Waals surface area (Å²) in [5.41, 5.74) is 3.05. The summed E-state index contributed by atoms with van der Waals surface area (Å²) < 4.78 is 21.9. The van der Waals surface area contributed by atoms with E-state index >= 15 is 0 Å². The number of amides is 1. The lowest BCUT2D eigenvalue weighted by Gasteiger charge is -2.23. The Hall–Kier alpha value is -4.33. The SMILES string of the molecule is COc1ccc(C2CC(c3ccccc3)=NN2C(=O)COc2ccc(C=O)cc2OC)cc1OC. The molecule has 0 saturated heterocycles. The van der Waals surface area contributed by atoms with E-state index < -0.39 is 0 Å². The monoisotopic (exact) mass is 474 g/mol. The van der Waals surface area contributed by atoms with Gasteiger partial charge in [-0.25, -0.2) is 5.01 Å². The Morgan fingerprint density at radius 2 is 1.60 bits per heavy atom. The minimum absolute atomic E-state index is 0.258. The molecule has 1 aliphatic heterocycles. The molecule has 35 heavy (non-hydrogen) atoms. The Kier molecular flexibility index (Phi) is 7.30. The lowest BCUT2D eigenvalue weighted by atomic mass is 9.98. The van der Waals surface area contributed by atoms with Gasteiger partial charge in [0.05, 0.1) is 33.1 Å². The highest BCUT2D eigenvalue weighted by atomic mass is 16.5. The second-order valence-corrected chi connectivity index (χ2v) is 7.80. The molecule has 0 aliphatic carbocycles. The molecule has 8 heteroatoms. The molecule has 0 bridgehead atoms. The lowest BCUT2D eigenvalue weighted by Crippen LogP contribution is -2.31. The predicted molar refractivity (Wildman–Crippen MR) is 131 cm³/mol. The van der Waals surface area contributed by atoms with Crippen LogP contribution in [0.2, 0.25) is 0 Å². The normalized spacial score (nSPS) is 14.8. The molecule has 1 heterocycles. The van der Waals surface area contributed by atoms with Gasteiger partial charge in [0.1, 0.15) is 6.29 Å². The molecule has 1 atom stereocenters. The van der Waals surface area contributed by atoms with Crippen LogP contribution in [0.3, 0.4) is 0 Å². The smallest absolute Gasteiger partial charge is 0.281 e. The van der Waals surface area contributed by atoms with Gasteiger partial charge in [-0.3, -0.25) is 9.59 Å². The zero-order valence-electron chi connectivity index (χ0n) is 19.8. The van der Waals surface area contributed by atoms with Crippen molar-refractivity contribution in [1.82, 2.24) is 5.01 Å². The van der Waals surface area contributed by atoms with E-state index in [1.165, 1.54) is 12.1 Å². The van der Waals surface area contributed by atoms with Crippen molar-refractivity contribution in [2.75, 3.05) is 27.9 Å². The van der Waals surface area contributed by atoms with Crippen molar-refractivity contribution >= 4 is 17.9 Å². The standard InChI is InChI=1S/C27H26N2O6/c1-32-23-12-10-20(14-26(23)34-3)22-15-21(19-7-5-4-6-8-19)28-29(22)27(31)17-35-24-11-9-18(16-30)13-25(24)33-2/h4-14,16,22H,15,17H2,1-3H3. The first-order valence-electron chi connectivity index (χ1n) is 11.0. The molecule has 0 fully saturated rings. The summed E-state index contributed by atoms with van der Waals surface area (Å²) in [7, 11) is 4.62. The van der Waals surface area contributed by atoms with Gasteiger partial charge in [-0.15, -0.1) is 0 Å². The molecule has 0 saturated carbocycles. The number of methoxy groups -OCH3 is 3. The number of aldehydes is 1. The summed E-state index contributed by atoms with van der Waals surface area (Å²) in [6.45, 7) is -0.258. The maximum Gasteiger partial charge on any atom is 0.281 e. The second-order valence-electron chi connectivity index (χ2n) is 7.80. The first-order valence-corrected chi connectivity index (χ1v) is 11.0. The zero-order valence-corrected chi connectivity index (χ0v) is 19.8. The average molecular weight is 475 g/mol. The fraction of sp³-hybridized carbons (Fsp3) is 0.222. The minimum atomic E-state index is -0.347. The number of hydrogen-bond donors (Lipinski definition) is 0. The van der Waals surface area contributed by atoms with Gasteiger partial charge in [0.15, 0.2) is 29.6 Å². The van der Waals surface area contributed by atoms with Crippen LogP contribution in [0, 0.1) is 0 Å². The van der Waals surface area contributed by atoms with E-state index in [1.54, 1.807) is 32.4 Å². The van der Waals surface area contributed by atoms with Crippen LogP contribution in [0.25, 0.3) is 0 Å². The van der Waals surface area contributed by atoms with Crippen molar-refractivity contribution in [3.63, 3.8) is 0 Å². The van der Waals surface area contributed by atoms with E-state index in [0.717, 1.165) is 23.1 Å². The third kappa shape index (κ3) is 5.11. The molecule has 3 aromatic rings. The largest absolute Gasteiger partial charge is 0.493 e. The van der Waals surface area contributed by atoms with Gasteiger partial charge in [-0.2, -0.15) is 5.10 Å². The molecule has 8 nitrogen and oxygen atoms in total. The molecule has 4 rings (SSSR count). The van der Waals surface area contributed by atoms with Crippen LogP contribution >= 0.6 is 0 Å². The van der Waals surface area contributed by atoms with Crippen LogP contribution in [0.5, 0.6) is 23.0 Å². The van der Waals surface area contributed by atoms with Gasteiger partial charge in [0.2, 0.25) is 0 Å². The van der Waals surface area contributed by atoms with Gasteiger partial charge < -0.3 is 18.9 Å². The quantitative estimate of drug-likeness (QED) is 0.430. The summed E-state index contributed by atoms with van der Waals surface area (Å²) in [4.78, 5) is 24.4. The minimum Gasteiger partial charge on any atom is -0.493 e. The number of hydrogen-bond acceptors (Lipinski definition) is 7. The number of nitrogens with zero attached hydrogens (tertiary/aromatic N) is 2.